The molecule has 2 aromatic rings. The molecule has 26 heavy (non-hydrogen) atoms. The molecular formula is C19H30N6O. The number of piperidine rings is 1. The molecule has 1 fully saturated rings. The minimum Gasteiger partial charge on any atom is -0.359 e. The summed E-state index contributed by atoms with van der Waals surface area (Å²) in [6.45, 7) is 8.63. The lowest BCUT2D eigenvalue weighted by Crippen LogP contribution is -2.32. The molecule has 142 valence electrons. The maximum atomic E-state index is 11.8. The normalized spacial score (nSPS) is 16.8. The third-order valence-electron chi connectivity index (χ3n) is 5.03. The van der Waals surface area contributed by atoms with Crippen LogP contribution in [0, 0.1) is 0 Å². The molecule has 1 amide bonds. The van der Waals surface area contributed by atoms with E-state index in [0.29, 0.717) is 11.9 Å². The fraction of sp³-hybridized carbons (Fsp3) is 0.632. The number of carbonyl (C=O) groups is 1. The van der Waals surface area contributed by atoms with Crippen molar-refractivity contribution in [3.05, 3.63) is 24.3 Å². The van der Waals surface area contributed by atoms with Crippen molar-refractivity contribution in [3.63, 3.8) is 0 Å². The first-order valence-corrected chi connectivity index (χ1v) is 9.31. The Kier molecular flexibility index (Phi) is 5.18. The van der Waals surface area contributed by atoms with Gasteiger partial charge in [-0.3, -0.25) is 4.79 Å². The molecule has 0 radical (unpaired) electrons. The maximum Gasteiger partial charge on any atom is 0.227 e. The minimum atomic E-state index is -0.0654. The highest BCUT2D eigenvalue weighted by atomic mass is 16.1. The van der Waals surface area contributed by atoms with E-state index in [1.807, 2.05) is 4.68 Å². The minimum absolute atomic E-state index is 0.0155. The molecule has 7 heteroatoms. The van der Waals surface area contributed by atoms with E-state index in [9.17, 15) is 4.79 Å². The lowest BCUT2D eigenvalue weighted by molar-refractivity contribution is -0.120. The molecule has 0 saturated carbocycles. The van der Waals surface area contributed by atoms with Gasteiger partial charge in [-0.1, -0.05) is 0 Å². The Morgan fingerprint density at radius 3 is 2.58 bits per heavy atom. The van der Waals surface area contributed by atoms with Crippen molar-refractivity contribution in [1.82, 2.24) is 29.5 Å². The van der Waals surface area contributed by atoms with Crippen LogP contribution in [-0.2, 0) is 16.8 Å². The third kappa shape index (κ3) is 3.98. The van der Waals surface area contributed by atoms with Crippen LogP contribution in [-0.4, -0.2) is 57.3 Å². The Bertz CT molecular complexity index is 761. The molecule has 1 saturated heterocycles. The predicted octanol–water partition coefficient (Wildman–Crippen LogP) is 2.06. The predicted molar refractivity (Wildman–Crippen MR) is 102 cm³/mol. The van der Waals surface area contributed by atoms with Gasteiger partial charge in [-0.05, 0) is 59.8 Å². The van der Waals surface area contributed by atoms with Gasteiger partial charge in [-0.25, -0.2) is 9.67 Å². The van der Waals surface area contributed by atoms with Gasteiger partial charge in [0.1, 0.15) is 0 Å². The molecule has 0 aliphatic carbocycles. The molecule has 0 atom stereocenters. The van der Waals surface area contributed by atoms with E-state index in [1.54, 1.807) is 7.05 Å². The van der Waals surface area contributed by atoms with E-state index < -0.39 is 0 Å². The Hall–Kier alpha value is -2.15. The molecule has 7 nitrogen and oxygen atoms in total. The highest BCUT2D eigenvalue weighted by Crippen LogP contribution is 2.29. The number of nitrogens with zero attached hydrogens (tertiary/aromatic N) is 5. The van der Waals surface area contributed by atoms with Crippen LogP contribution in [0.5, 0.6) is 0 Å². The molecule has 3 heterocycles. The quantitative estimate of drug-likeness (QED) is 0.908. The van der Waals surface area contributed by atoms with Crippen molar-refractivity contribution in [2.75, 3.05) is 27.2 Å². The molecule has 1 N–H and O–H groups in total. The number of aromatic nitrogens is 4. The lowest BCUT2D eigenvalue weighted by atomic mass is 10.1. The van der Waals surface area contributed by atoms with Crippen LogP contribution in [0.4, 0.5) is 0 Å². The van der Waals surface area contributed by atoms with Gasteiger partial charge in [0.25, 0.3) is 0 Å². The number of likely N-dealkylation sites (N-methyl/N-ethyl adjacent to an activating group) is 1. The van der Waals surface area contributed by atoms with Gasteiger partial charge in [0.2, 0.25) is 5.91 Å². The van der Waals surface area contributed by atoms with Crippen LogP contribution in [0.3, 0.4) is 0 Å². The number of likely N-dealkylation sites (tertiary alicyclic amines) is 1. The first-order valence-electron chi connectivity index (χ1n) is 9.31. The second kappa shape index (κ2) is 7.23. The zero-order valence-corrected chi connectivity index (χ0v) is 16.5. The Morgan fingerprint density at radius 1 is 1.31 bits per heavy atom. The van der Waals surface area contributed by atoms with E-state index in [1.165, 1.54) is 0 Å². The summed E-state index contributed by atoms with van der Waals surface area (Å²) in [5, 5.41) is 7.36. The van der Waals surface area contributed by atoms with Gasteiger partial charge in [-0.2, -0.15) is 5.10 Å². The standard InChI is InChI=1S/C19H30N6O/c1-19(2,3)24-11-6-14(13-24)18-21-16(12-17(26)20-4)22-25(18)15-7-9-23(5)10-8-15/h6,11,13,15H,7-10,12H2,1-5H3,(H,20,26). The van der Waals surface area contributed by atoms with E-state index in [4.69, 9.17) is 10.1 Å². The van der Waals surface area contributed by atoms with Crippen LogP contribution in [0.2, 0.25) is 0 Å². The highest BCUT2D eigenvalue weighted by Gasteiger charge is 2.25. The van der Waals surface area contributed by atoms with Crippen molar-refractivity contribution in [1.29, 1.82) is 0 Å². The second-order valence-corrected chi connectivity index (χ2v) is 8.16. The third-order valence-corrected chi connectivity index (χ3v) is 5.03. The zero-order valence-electron chi connectivity index (χ0n) is 16.5. The lowest BCUT2D eigenvalue weighted by Gasteiger charge is -2.29. The van der Waals surface area contributed by atoms with Gasteiger partial charge in [0.15, 0.2) is 11.6 Å². The number of rotatable bonds is 4. The summed E-state index contributed by atoms with van der Waals surface area (Å²) in [6.07, 6.45) is 6.52. The van der Waals surface area contributed by atoms with Gasteiger partial charge in [0.05, 0.1) is 12.5 Å². The van der Waals surface area contributed by atoms with Crippen molar-refractivity contribution >= 4 is 5.91 Å². The summed E-state index contributed by atoms with van der Waals surface area (Å²) >= 11 is 0. The fourth-order valence-corrected chi connectivity index (χ4v) is 3.31. The van der Waals surface area contributed by atoms with Gasteiger partial charge < -0.3 is 14.8 Å². The molecular weight excluding hydrogens is 328 g/mol. The van der Waals surface area contributed by atoms with Crippen LogP contribution < -0.4 is 5.32 Å². The van der Waals surface area contributed by atoms with E-state index in [-0.39, 0.29) is 17.9 Å². The molecule has 0 unspecified atom stereocenters. The van der Waals surface area contributed by atoms with Crippen molar-refractivity contribution in [2.24, 2.45) is 0 Å². The number of nitrogens with one attached hydrogen (secondary N) is 1. The smallest absolute Gasteiger partial charge is 0.227 e. The average molecular weight is 358 g/mol. The topological polar surface area (TPSA) is 68.0 Å². The SMILES string of the molecule is CNC(=O)Cc1nc(-c2ccn(C(C)(C)C)c2)n(C2CCN(C)CC2)n1. The van der Waals surface area contributed by atoms with E-state index >= 15 is 0 Å². The van der Waals surface area contributed by atoms with Crippen molar-refractivity contribution in [2.45, 2.75) is 51.6 Å². The summed E-state index contributed by atoms with van der Waals surface area (Å²) in [5.41, 5.74) is 1.07. The second-order valence-electron chi connectivity index (χ2n) is 8.16. The average Bonchev–Trinajstić information content (AvgIpc) is 3.22. The van der Waals surface area contributed by atoms with Gasteiger partial charge in [0, 0.05) is 30.5 Å². The molecule has 0 aromatic carbocycles. The van der Waals surface area contributed by atoms with Crippen LogP contribution in [0.25, 0.3) is 11.4 Å². The number of hydrogen-bond donors (Lipinski definition) is 1. The molecule has 2 aromatic heterocycles. The van der Waals surface area contributed by atoms with E-state index in [0.717, 1.165) is 37.3 Å². The van der Waals surface area contributed by atoms with Crippen molar-refractivity contribution in [3.8, 4) is 11.4 Å². The monoisotopic (exact) mass is 358 g/mol. The Balaban J connectivity index is 1.96. The van der Waals surface area contributed by atoms with Crippen LogP contribution >= 0.6 is 0 Å². The first-order chi connectivity index (χ1) is 12.3. The van der Waals surface area contributed by atoms with Crippen LogP contribution in [0.1, 0.15) is 45.5 Å². The number of carbonyl (C=O) groups excluding carboxylic acids is 1. The summed E-state index contributed by atoms with van der Waals surface area (Å²) in [4.78, 5) is 18.8. The molecule has 0 spiro atoms. The zero-order chi connectivity index (χ0) is 18.9. The molecule has 1 aliphatic rings. The summed E-state index contributed by atoms with van der Waals surface area (Å²) in [6, 6.07) is 2.41. The fourth-order valence-electron chi connectivity index (χ4n) is 3.31. The molecule has 0 bridgehead atoms. The van der Waals surface area contributed by atoms with Crippen LogP contribution in [0.15, 0.2) is 18.5 Å². The summed E-state index contributed by atoms with van der Waals surface area (Å²) < 4.78 is 4.24. The van der Waals surface area contributed by atoms with Gasteiger partial charge in [-0.15, -0.1) is 0 Å². The van der Waals surface area contributed by atoms with E-state index in [2.05, 4.69) is 61.1 Å². The molecule has 1 aliphatic heterocycles. The number of amides is 1. The Labute approximate surface area is 155 Å². The highest BCUT2D eigenvalue weighted by molar-refractivity contribution is 5.77. The Morgan fingerprint density at radius 2 is 2.00 bits per heavy atom. The number of hydrogen-bond acceptors (Lipinski definition) is 4. The summed E-state index contributed by atoms with van der Waals surface area (Å²) in [5.74, 6) is 1.38. The maximum absolute atomic E-state index is 11.8. The van der Waals surface area contributed by atoms with Gasteiger partial charge >= 0.3 is 0 Å². The first kappa shape index (κ1) is 18.6. The largest absolute Gasteiger partial charge is 0.359 e. The summed E-state index contributed by atoms with van der Waals surface area (Å²) in [7, 11) is 3.79. The molecule has 3 rings (SSSR count). The van der Waals surface area contributed by atoms with Crippen molar-refractivity contribution < 1.29 is 4.79 Å².